The molecule has 13 heavy (non-hydrogen) atoms. The smallest absolute Gasteiger partial charge is 0.235 e. The van der Waals surface area contributed by atoms with Gasteiger partial charge in [-0.1, -0.05) is 0 Å². The summed E-state index contributed by atoms with van der Waals surface area (Å²) in [6.07, 6.45) is 2.50. The summed E-state index contributed by atoms with van der Waals surface area (Å²) >= 11 is 0. The Morgan fingerprint density at radius 1 is 1.46 bits per heavy atom. The molecule has 0 unspecified atom stereocenters. The van der Waals surface area contributed by atoms with Gasteiger partial charge in [-0.25, -0.2) is 4.79 Å². The summed E-state index contributed by atoms with van der Waals surface area (Å²) in [5, 5.41) is 0. The van der Waals surface area contributed by atoms with Crippen molar-refractivity contribution in [3.05, 3.63) is 0 Å². The molecule has 0 saturated heterocycles. The summed E-state index contributed by atoms with van der Waals surface area (Å²) in [6, 6.07) is 0.538. The summed E-state index contributed by atoms with van der Waals surface area (Å²) in [4.78, 5) is 16.1. The lowest BCUT2D eigenvalue weighted by Crippen LogP contribution is -2.31. The van der Waals surface area contributed by atoms with Crippen molar-refractivity contribution in [2.45, 2.75) is 45.7 Å². The van der Waals surface area contributed by atoms with Crippen molar-refractivity contribution in [2.75, 3.05) is 13.6 Å². The van der Waals surface area contributed by atoms with Crippen LogP contribution in [0.2, 0.25) is 0 Å². The quantitative estimate of drug-likeness (QED) is 0.482. The van der Waals surface area contributed by atoms with Gasteiger partial charge >= 0.3 is 0 Å². The summed E-state index contributed by atoms with van der Waals surface area (Å²) in [6.45, 7) is 9.15. The lowest BCUT2D eigenvalue weighted by molar-refractivity contribution is 0.249. The van der Waals surface area contributed by atoms with Gasteiger partial charge in [0.15, 0.2) is 0 Å². The lowest BCUT2D eigenvalue weighted by atomic mass is 10.0. The van der Waals surface area contributed by atoms with Crippen LogP contribution in [-0.2, 0) is 4.79 Å². The van der Waals surface area contributed by atoms with Crippen molar-refractivity contribution in [1.82, 2.24) is 4.90 Å². The van der Waals surface area contributed by atoms with Crippen molar-refractivity contribution >= 4 is 6.08 Å². The van der Waals surface area contributed by atoms with E-state index in [-0.39, 0.29) is 5.54 Å². The van der Waals surface area contributed by atoms with E-state index in [4.69, 9.17) is 0 Å². The molecule has 0 aromatic heterocycles. The van der Waals surface area contributed by atoms with Crippen LogP contribution in [-0.4, -0.2) is 36.2 Å². The molecule has 0 amide bonds. The van der Waals surface area contributed by atoms with Gasteiger partial charge < -0.3 is 4.90 Å². The number of isocyanates is 1. The largest absolute Gasteiger partial charge is 0.304 e. The molecule has 0 N–H and O–H groups in total. The van der Waals surface area contributed by atoms with E-state index < -0.39 is 0 Å². The molecule has 0 spiro atoms. The molecule has 0 rings (SSSR count). The molecule has 0 radical (unpaired) electrons. The average Bonchev–Trinajstić information content (AvgIpc) is 2.00. The molecule has 0 saturated carbocycles. The second-order valence-corrected chi connectivity index (χ2v) is 4.34. The second-order valence-electron chi connectivity index (χ2n) is 4.34. The van der Waals surface area contributed by atoms with Crippen molar-refractivity contribution in [3.8, 4) is 0 Å². The van der Waals surface area contributed by atoms with Gasteiger partial charge in [-0.3, -0.25) is 0 Å². The highest BCUT2D eigenvalue weighted by Crippen LogP contribution is 2.14. The Bertz CT molecular complexity index is 193. The second kappa shape index (κ2) is 5.15. The fourth-order valence-corrected chi connectivity index (χ4v) is 0.888. The molecule has 0 aliphatic rings. The van der Waals surface area contributed by atoms with Crippen molar-refractivity contribution in [3.63, 3.8) is 0 Å². The van der Waals surface area contributed by atoms with E-state index in [1.807, 2.05) is 13.8 Å². The topological polar surface area (TPSA) is 32.7 Å². The molecule has 76 valence electrons. The van der Waals surface area contributed by atoms with Gasteiger partial charge in [-0.15, -0.1) is 0 Å². The number of aliphatic imine (C=N–C) groups is 1. The Hall–Kier alpha value is -0.660. The zero-order valence-electron chi connectivity index (χ0n) is 9.29. The lowest BCUT2D eigenvalue weighted by Gasteiger charge is -2.25. The summed E-state index contributed by atoms with van der Waals surface area (Å²) in [5.74, 6) is 0. The van der Waals surface area contributed by atoms with Gasteiger partial charge in [0.05, 0.1) is 5.54 Å². The molecule has 0 aliphatic heterocycles. The fraction of sp³-hybridized carbons (Fsp3) is 0.900. The van der Waals surface area contributed by atoms with Crippen molar-refractivity contribution in [2.24, 2.45) is 4.99 Å². The SMILES string of the molecule is CC(C)N(C)CCC(C)(C)N=C=O. The maximum atomic E-state index is 10.1. The molecule has 0 fully saturated rings. The van der Waals surface area contributed by atoms with E-state index in [1.54, 1.807) is 6.08 Å². The highest BCUT2D eigenvalue weighted by molar-refractivity contribution is 5.34. The first-order chi connectivity index (χ1) is 5.89. The van der Waals surface area contributed by atoms with Gasteiger partial charge in [0, 0.05) is 12.6 Å². The minimum Gasteiger partial charge on any atom is -0.304 e. The van der Waals surface area contributed by atoms with Crippen LogP contribution in [0.15, 0.2) is 4.99 Å². The van der Waals surface area contributed by atoms with Crippen LogP contribution in [0.25, 0.3) is 0 Å². The van der Waals surface area contributed by atoms with E-state index in [0.717, 1.165) is 13.0 Å². The third kappa shape index (κ3) is 5.56. The van der Waals surface area contributed by atoms with Gasteiger partial charge in [0.25, 0.3) is 0 Å². The Labute approximate surface area is 80.8 Å². The van der Waals surface area contributed by atoms with E-state index in [0.29, 0.717) is 6.04 Å². The summed E-state index contributed by atoms with van der Waals surface area (Å²) in [5.41, 5.74) is -0.273. The predicted octanol–water partition coefficient (Wildman–Crippen LogP) is 1.83. The van der Waals surface area contributed by atoms with Gasteiger partial charge in [-0.2, -0.15) is 4.99 Å². The molecule has 0 aromatic rings. The number of rotatable bonds is 5. The molecule has 3 heteroatoms. The molecule has 0 aliphatic carbocycles. The normalized spacial score (nSPS) is 11.9. The molecule has 0 aromatic carbocycles. The van der Waals surface area contributed by atoms with E-state index in [2.05, 4.69) is 30.8 Å². The Kier molecular flexibility index (Phi) is 4.89. The van der Waals surface area contributed by atoms with Gasteiger partial charge in [-0.05, 0) is 41.2 Å². The number of hydrogen-bond donors (Lipinski definition) is 0. The zero-order valence-corrected chi connectivity index (χ0v) is 9.29. The zero-order chi connectivity index (χ0) is 10.5. The van der Waals surface area contributed by atoms with Crippen LogP contribution in [0.3, 0.4) is 0 Å². The monoisotopic (exact) mass is 184 g/mol. The highest BCUT2D eigenvalue weighted by Gasteiger charge is 2.17. The number of hydrogen-bond acceptors (Lipinski definition) is 3. The molecule has 0 bridgehead atoms. The fourth-order valence-electron chi connectivity index (χ4n) is 0.888. The van der Waals surface area contributed by atoms with Gasteiger partial charge in [0.2, 0.25) is 6.08 Å². The van der Waals surface area contributed by atoms with Crippen molar-refractivity contribution < 1.29 is 4.79 Å². The first-order valence-electron chi connectivity index (χ1n) is 4.68. The minimum absolute atomic E-state index is 0.273. The number of nitrogens with zero attached hydrogens (tertiary/aromatic N) is 2. The van der Waals surface area contributed by atoms with Crippen LogP contribution in [0, 0.1) is 0 Å². The summed E-state index contributed by atoms with van der Waals surface area (Å²) < 4.78 is 0. The van der Waals surface area contributed by atoms with E-state index in [9.17, 15) is 4.79 Å². The van der Waals surface area contributed by atoms with Crippen LogP contribution in [0.1, 0.15) is 34.1 Å². The average molecular weight is 184 g/mol. The van der Waals surface area contributed by atoms with E-state index >= 15 is 0 Å². The minimum atomic E-state index is -0.273. The molecular formula is C10H20N2O. The number of carbonyl (C=O) groups excluding carboxylic acids is 1. The van der Waals surface area contributed by atoms with Crippen LogP contribution in [0.5, 0.6) is 0 Å². The predicted molar refractivity (Wildman–Crippen MR) is 54.6 cm³/mol. The third-order valence-corrected chi connectivity index (χ3v) is 2.31. The maximum absolute atomic E-state index is 10.1. The molecule has 3 nitrogen and oxygen atoms in total. The third-order valence-electron chi connectivity index (χ3n) is 2.31. The van der Waals surface area contributed by atoms with Crippen LogP contribution >= 0.6 is 0 Å². The standard InChI is InChI=1S/C10H20N2O/c1-9(2)12(5)7-6-10(3,4)11-8-13/h9H,6-7H2,1-5H3. The van der Waals surface area contributed by atoms with E-state index in [1.165, 1.54) is 0 Å². The first kappa shape index (κ1) is 12.3. The van der Waals surface area contributed by atoms with Crippen molar-refractivity contribution in [1.29, 1.82) is 0 Å². The highest BCUT2D eigenvalue weighted by atomic mass is 16.1. The van der Waals surface area contributed by atoms with Crippen LogP contribution < -0.4 is 0 Å². The first-order valence-corrected chi connectivity index (χ1v) is 4.68. The van der Waals surface area contributed by atoms with Crippen LogP contribution in [0.4, 0.5) is 0 Å². The Morgan fingerprint density at radius 2 is 2.00 bits per heavy atom. The maximum Gasteiger partial charge on any atom is 0.235 e. The molecular weight excluding hydrogens is 164 g/mol. The molecule has 0 atom stereocenters. The Balaban J connectivity index is 3.94. The Morgan fingerprint density at radius 3 is 2.38 bits per heavy atom. The molecule has 0 heterocycles. The summed E-state index contributed by atoms with van der Waals surface area (Å²) in [7, 11) is 2.07. The van der Waals surface area contributed by atoms with Gasteiger partial charge in [0.1, 0.15) is 0 Å².